The van der Waals surface area contributed by atoms with Crippen molar-refractivity contribution in [1.29, 1.82) is 5.26 Å². The van der Waals surface area contributed by atoms with Crippen LogP contribution in [-0.2, 0) is 0 Å². The molecule has 0 fully saturated rings. The molecule has 146 valence electrons. The minimum atomic E-state index is -0.423. The van der Waals surface area contributed by atoms with Crippen LogP contribution in [0.5, 0.6) is 11.5 Å². The number of hydrogen-bond acceptors (Lipinski definition) is 7. The summed E-state index contributed by atoms with van der Waals surface area (Å²) in [5, 5.41) is 14.9. The van der Waals surface area contributed by atoms with E-state index in [-0.39, 0.29) is 5.69 Å². The number of carbonyl (C=O) groups is 1. The number of carbonyl (C=O) groups excluding carboxylic acids is 1. The van der Waals surface area contributed by atoms with Gasteiger partial charge in [0.05, 0.1) is 24.9 Å². The third kappa shape index (κ3) is 5.43. The molecule has 0 atom stereocenters. The molecule has 1 heterocycles. The van der Waals surface area contributed by atoms with Gasteiger partial charge in [0.25, 0.3) is 5.91 Å². The van der Waals surface area contributed by atoms with Gasteiger partial charge in [-0.25, -0.2) is 9.97 Å². The molecule has 0 radical (unpaired) electrons. The Kier molecular flexibility index (Phi) is 6.58. The fraction of sp³-hybridized carbons (Fsp3) is 0.143. The maximum atomic E-state index is 12.4. The lowest BCUT2D eigenvalue weighted by Gasteiger charge is -2.10. The number of anilines is 2. The zero-order valence-corrected chi connectivity index (χ0v) is 15.8. The average molecular weight is 389 g/mol. The zero-order valence-electron chi connectivity index (χ0n) is 15.8. The first kappa shape index (κ1) is 19.6. The number of methoxy groups -OCH3 is 1. The highest BCUT2D eigenvalue weighted by atomic mass is 16.5. The summed E-state index contributed by atoms with van der Waals surface area (Å²) in [4.78, 5) is 20.5. The summed E-state index contributed by atoms with van der Waals surface area (Å²) in [6, 6.07) is 17.6. The summed E-state index contributed by atoms with van der Waals surface area (Å²) in [6.45, 7) is 0.898. The summed E-state index contributed by atoms with van der Waals surface area (Å²) in [6.07, 6.45) is 1.30. The van der Waals surface area contributed by atoms with E-state index in [9.17, 15) is 4.79 Å². The smallest absolute Gasteiger partial charge is 0.274 e. The predicted octanol–water partition coefficient (Wildman–Crippen LogP) is 3.10. The average Bonchev–Trinajstić information content (AvgIpc) is 2.77. The lowest BCUT2D eigenvalue weighted by atomic mass is 10.2. The molecule has 0 saturated heterocycles. The van der Waals surface area contributed by atoms with Crippen molar-refractivity contribution >= 4 is 17.4 Å². The van der Waals surface area contributed by atoms with Gasteiger partial charge in [-0.1, -0.05) is 12.1 Å². The number of nitriles is 1. The fourth-order valence-electron chi connectivity index (χ4n) is 2.47. The first-order valence-corrected chi connectivity index (χ1v) is 8.83. The lowest BCUT2D eigenvalue weighted by molar-refractivity contribution is 0.102. The topological polar surface area (TPSA) is 109 Å². The Morgan fingerprint density at radius 2 is 1.86 bits per heavy atom. The number of nitrogens with zero attached hydrogens (tertiary/aromatic N) is 3. The highest BCUT2D eigenvalue weighted by molar-refractivity contribution is 6.03. The molecular weight excluding hydrogens is 370 g/mol. The molecule has 1 amide bonds. The number of nitrogens with one attached hydrogen (secondary N) is 2. The molecule has 29 heavy (non-hydrogen) atoms. The van der Waals surface area contributed by atoms with Crippen LogP contribution in [0, 0.1) is 11.3 Å². The standard InChI is InChI=1S/C21H19N5O3/c1-28-16-6-8-17(9-7-16)29-11-10-23-20-12-19(24-14-25-20)21(27)26-18-5-3-2-4-15(18)13-22/h2-9,12,14H,10-11H2,1H3,(H,26,27)(H,23,24,25). The molecule has 0 saturated carbocycles. The lowest BCUT2D eigenvalue weighted by Crippen LogP contribution is -2.16. The van der Waals surface area contributed by atoms with Crippen LogP contribution in [-0.4, -0.2) is 36.1 Å². The van der Waals surface area contributed by atoms with Crippen LogP contribution < -0.4 is 20.1 Å². The fourth-order valence-corrected chi connectivity index (χ4v) is 2.47. The molecule has 0 aliphatic heterocycles. The van der Waals surface area contributed by atoms with Gasteiger partial charge in [0, 0.05) is 6.07 Å². The predicted molar refractivity (Wildman–Crippen MR) is 108 cm³/mol. The van der Waals surface area contributed by atoms with Crippen LogP contribution in [0.4, 0.5) is 11.5 Å². The van der Waals surface area contributed by atoms with Crippen molar-refractivity contribution in [3.05, 3.63) is 72.2 Å². The van der Waals surface area contributed by atoms with E-state index in [2.05, 4.69) is 20.6 Å². The van der Waals surface area contributed by atoms with Crippen LogP contribution in [0.2, 0.25) is 0 Å². The van der Waals surface area contributed by atoms with Crippen LogP contribution in [0.3, 0.4) is 0 Å². The quantitative estimate of drug-likeness (QED) is 0.570. The molecule has 8 heteroatoms. The van der Waals surface area contributed by atoms with E-state index in [1.165, 1.54) is 12.4 Å². The number of benzene rings is 2. The van der Waals surface area contributed by atoms with Gasteiger partial charge in [-0.05, 0) is 36.4 Å². The van der Waals surface area contributed by atoms with Gasteiger partial charge in [-0.3, -0.25) is 4.79 Å². The third-order valence-electron chi connectivity index (χ3n) is 3.93. The minimum Gasteiger partial charge on any atom is -0.497 e. The van der Waals surface area contributed by atoms with Gasteiger partial charge in [0.15, 0.2) is 0 Å². The Bertz CT molecular complexity index is 1020. The van der Waals surface area contributed by atoms with Crippen LogP contribution in [0.15, 0.2) is 60.9 Å². The van der Waals surface area contributed by atoms with E-state index in [1.807, 2.05) is 30.3 Å². The normalized spacial score (nSPS) is 9.93. The number of para-hydroxylation sites is 1. The van der Waals surface area contributed by atoms with Crippen molar-refractivity contribution in [3.8, 4) is 17.6 Å². The zero-order chi connectivity index (χ0) is 20.5. The van der Waals surface area contributed by atoms with E-state index in [0.717, 1.165) is 11.5 Å². The summed E-state index contributed by atoms with van der Waals surface area (Å²) in [7, 11) is 1.61. The van der Waals surface area contributed by atoms with Crippen LogP contribution in [0.1, 0.15) is 16.1 Å². The van der Waals surface area contributed by atoms with Crippen LogP contribution in [0.25, 0.3) is 0 Å². The number of amides is 1. The van der Waals surface area contributed by atoms with Crippen molar-refractivity contribution < 1.29 is 14.3 Å². The Hall–Kier alpha value is -4.12. The molecule has 1 aromatic heterocycles. The Morgan fingerprint density at radius 1 is 1.10 bits per heavy atom. The Labute approximate surface area is 168 Å². The molecule has 8 nitrogen and oxygen atoms in total. The Morgan fingerprint density at radius 3 is 2.62 bits per heavy atom. The monoisotopic (exact) mass is 389 g/mol. The number of aromatic nitrogens is 2. The van der Waals surface area contributed by atoms with Crippen molar-refractivity contribution in [2.24, 2.45) is 0 Å². The molecular formula is C21H19N5O3. The molecule has 2 aromatic carbocycles. The van der Waals surface area contributed by atoms with Gasteiger partial charge in [-0.15, -0.1) is 0 Å². The summed E-state index contributed by atoms with van der Waals surface area (Å²) >= 11 is 0. The van der Waals surface area contributed by atoms with E-state index in [4.69, 9.17) is 14.7 Å². The molecule has 0 bridgehead atoms. The number of hydrogen-bond donors (Lipinski definition) is 2. The van der Waals surface area contributed by atoms with Crippen molar-refractivity contribution in [3.63, 3.8) is 0 Å². The molecule has 2 N–H and O–H groups in total. The molecule has 3 aromatic rings. The first-order chi connectivity index (χ1) is 14.2. The maximum Gasteiger partial charge on any atom is 0.274 e. The van der Waals surface area contributed by atoms with E-state index < -0.39 is 5.91 Å². The summed E-state index contributed by atoms with van der Waals surface area (Å²) in [5.41, 5.74) is 0.997. The van der Waals surface area contributed by atoms with Gasteiger partial charge in [-0.2, -0.15) is 5.26 Å². The van der Waals surface area contributed by atoms with Gasteiger partial charge in [0.2, 0.25) is 0 Å². The number of rotatable bonds is 8. The second kappa shape index (κ2) is 9.71. The second-order valence-electron chi connectivity index (χ2n) is 5.85. The SMILES string of the molecule is COc1ccc(OCCNc2cc(C(=O)Nc3ccccc3C#N)ncn2)cc1. The molecule has 0 aliphatic carbocycles. The third-order valence-corrected chi connectivity index (χ3v) is 3.93. The highest BCUT2D eigenvalue weighted by Gasteiger charge is 2.11. The highest BCUT2D eigenvalue weighted by Crippen LogP contribution is 2.17. The van der Waals surface area contributed by atoms with Gasteiger partial charge >= 0.3 is 0 Å². The van der Waals surface area contributed by atoms with Crippen LogP contribution >= 0.6 is 0 Å². The van der Waals surface area contributed by atoms with Crippen molar-refractivity contribution in [2.75, 3.05) is 30.9 Å². The van der Waals surface area contributed by atoms with E-state index in [1.54, 1.807) is 31.4 Å². The molecule has 0 spiro atoms. The summed E-state index contributed by atoms with van der Waals surface area (Å²) < 4.78 is 10.7. The molecule has 3 rings (SSSR count). The first-order valence-electron chi connectivity index (χ1n) is 8.83. The largest absolute Gasteiger partial charge is 0.497 e. The number of ether oxygens (including phenoxy) is 2. The molecule has 0 aliphatic rings. The Balaban J connectivity index is 1.53. The van der Waals surface area contributed by atoms with Crippen molar-refractivity contribution in [2.45, 2.75) is 0 Å². The second-order valence-corrected chi connectivity index (χ2v) is 5.85. The minimum absolute atomic E-state index is 0.186. The van der Waals surface area contributed by atoms with E-state index in [0.29, 0.717) is 30.2 Å². The maximum absolute atomic E-state index is 12.4. The van der Waals surface area contributed by atoms with Crippen molar-refractivity contribution in [1.82, 2.24) is 9.97 Å². The van der Waals surface area contributed by atoms with Gasteiger partial charge < -0.3 is 20.1 Å². The molecule has 0 unspecified atom stereocenters. The summed E-state index contributed by atoms with van der Waals surface area (Å²) in [5.74, 6) is 1.57. The van der Waals surface area contributed by atoms with E-state index >= 15 is 0 Å². The van der Waals surface area contributed by atoms with Gasteiger partial charge in [0.1, 0.15) is 42.0 Å².